The number of nitrogens with zero attached hydrogens (tertiary/aromatic N) is 2. The van der Waals surface area contributed by atoms with Gasteiger partial charge in [-0.2, -0.15) is 11.3 Å². The summed E-state index contributed by atoms with van der Waals surface area (Å²) in [6.07, 6.45) is 2.49. The molecule has 1 atom stereocenters. The molecule has 7 heteroatoms. The molecule has 1 unspecified atom stereocenters. The molecular weight excluding hydrogens is 320 g/mol. The Morgan fingerprint density at radius 2 is 2.23 bits per heavy atom. The summed E-state index contributed by atoms with van der Waals surface area (Å²) in [5.74, 6) is -0.533. The lowest BCUT2D eigenvalue weighted by Crippen LogP contribution is -2.48. The summed E-state index contributed by atoms with van der Waals surface area (Å²) in [4.78, 5) is 30.6. The quantitative estimate of drug-likeness (QED) is 0.808. The van der Waals surface area contributed by atoms with Crippen LogP contribution < -0.4 is 0 Å². The predicted octanol–water partition coefficient (Wildman–Crippen LogP) is 3.04. The van der Waals surface area contributed by atoms with Gasteiger partial charge in [-0.3, -0.25) is 4.79 Å². The summed E-state index contributed by atoms with van der Waals surface area (Å²) in [7, 11) is 1.36. The van der Waals surface area contributed by atoms with Crippen molar-refractivity contribution < 1.29 is 14.3 Å². The number of esters is 1. The second kappa shape index (κ2) is 6.58. The first kappa shape index (κ1) is 15.2. The molecule has 1 aliphatic rings. The van der Waals surface area contributed by atoms with Crippen LogP contribution in [0.4, 0.5) is 0 Å². The van der Waals surface area contributed by atoms with Gasteiger partial charge in [0.05, 0.1) is 7.11 Å². The molecule has 0 N–H and O–H groups in total. The lowest BCUT2D eigenvalue weighted by Gasteiger charge is -2.33. The first-order valence-electron chi connectivity index (χ1n) is 7.07. The van der Waals surface area contributed by atoms with Crippen molar-refractivity contribution in [1.29, 1.82) is 0 Å². The summed E-state index contributed by atoms with van der Waals surface area (Å²) >= 11 is 3.04. The van der Waals surface area contributed by atoms with Gasteiger partial charge in [-0.1, -0.05) is 0 Å². The molecule has 0 radical (unpaired) electrons. The molecule has 2 aromatic rings. The van der Waals surface area contributed by atoms with Gasteiger partial charge < -0.3 is 9.64 Å². The van der Waals surface area contributed by atoms with E-state index in [2.05, 4.69) is 4.98 Å². The third-order valence-corrected chi connectivity index (χ3v) is 5.30. The van der Waals surface area contributed by atoms with Crippen LogP contribution in [0.25, 0.3) is 10.6 Å². The van der Waals surface area contributed by atoms with Crippen molar-refractivity contribution in [2.24, 2.45) is 0 Å². The molecule has 0 aromatic carbocycles. The highest BCUT2D eigenvalue weighted by Crippen LogP contribution is 2.27. The molecule has 22 heavy (non-hydrogen) atoms. The van der Waals surface area contributed by atoms with Crippen LogP contribution in [0.2, 0.25) is 0 Å². The van der Waals surface area contributed by atoms with Crippen LogP contribution >= 0.6 is 22.7 Å². The number of amides is 1. The number of hydrogen-bond donors (Lipinski definition) is 0. The van der Waals surface area contributed by atoms with Crippen LogP contribution in [0.5, 0.6) is 0 Å². The van der Waals surface area contributed by atoms with E-state index in [0.29, 0.717) is 18.7 Å². The fraction of sp³-hybridized carbons (Fsp3) is 0.400. The predicted molar refractivity (Wildman–Crippen MR) is 86.1 cm³/mol. The minimum atomic E-state index is -0.488. The Morgan fingerprint density at radius 1 is 1.36 bits per heavy atom. The number of thiazole rings is 1. The van der Waals surface area contributed by atoms with Crippen LogP contribution in [0.15, 0.2) is 22.2 Å². The summed E-state index contributed by atoms with van der Waals surface area (Å²) < 4.78 is 4.82. The third-order valence-electron chi connectivity index (χ3n) is 3.73. The maximum atomic E-state index is 12.7. The average Bonchev–Trinajstić information content (AvgIpc) is 3.24. The Labute approximate surface area is 136 Å². The summed E-state index contributed by atoms with van der Waals surface area (Å²) in [6.45, 7) is 0.573. The fourth-order valence-electron chi connectivity index (χ4n) is 2.59. The zero-order valence-electron chi connectivity index (χ0n) is 12.2. The molecule has 0 saturated carbocycles. The number of likely N-dealkylation sites (tertiary alicyclic amines) is 1. The van der Waals surface area contributed by atoms with Crippen molar-refractivity contribution in [3.8, 4) is 10.6 Å². The number of carbonyl (C=O) groups is 2. The highest BCUT2D eigenvalue weighted by Gasteiger charge is 2.34. The van der Waals surface area contributed by atoms with E-state index >= 15 is 0 Å². The number of rotatable bonds is 3. The second-order valence-corrected chi connectivity index (χ2v) is 6.72. The number of methoxy groups -OCH3 is 1. The Bertz CT molecular complexity index is 666. The van der Waals surface area contributed by atoms with Gasteiger partial charge in [0, 0.05) is 22.9 Å². The van der Waals surface area contributed by atoms with Crippen molar-refractivity contribution in [3.63, 3.8) is 0 Å². The second-order valence-electron chi connectivity index (χ2n) is 5.08. The molecular formula is C15H16N2O3S2. The Morgan fingerprint density at radius 3 is 2.95 bits per heavy atom. The molecule has 5 nitrogen and oxygen atoms in total. The Balaban J connectivity index is 1.81. The highest BCUT2D eigenvalue weighted by molar-refractivity contribution is 7.14. The molecule has 1 saturated heterocycles. The molecule has 1 fully saturated rings. The molecule has 3 rings (SSSR count). The lowest BCUT2D eigenvalue weighted by molar-refractivity contribution is -0.147. The molecule has 0 bridgehead atoms. The van der Waals surface area contributed by atoms with Crippen molar-refractivity contribution >= 4 is 34.6 Å². The Hall–Kier alpha value is -1.73. The smallest absolute Gasteiger partial charge is 0.328 e. The molecule has 0 spiro atoms. The van der Waals surface area contributed by atoms with Crippen LogP contribution in [0.3, 0.4) is 0 Å². The van der Waals surface area contributed by atoms with Crippen LogP contribution in [-0.4, -0.2) is 41.5 Å². The number of carbonyl (C=O) groups excluding carboxylic acids is 2. The average molecular weight is 336 g/mol. The van der Waals surface area contributed by atoms with Gasteiger partial charge >= 0.3 is 5.97 Å². The van der Waals surface area contributed by atoms with Crippen molar-refractivity contribution in [1.82, 2.24) is 9.88 Å². The number of ether oxygens (including phenoxy) is 1. The standard InChI is InChI=1S/C15H16N2O3S2/c1-20-15(19)12-4-2-3-6-17(12)14(18)11-9-22-13(16-11)10-5-7-21-8-10/h5,7-9,12H,2-4,6H2,1H3. The first-order valence-corrected chi connectivity index (χ1v) is 8.90. The van der Waals surface area contributed by atoms with Gasteiger partial charge in [0.15, 0.2) is 0 Å². The normalized spacial score (nSPS) is 18.2. The summed E-state index contributed by atoms with van der Waals surface area (Å²) in [6, 6.07) is 1.49. The lowest BCUT2D eigenvalue weighted by atomic mass is 10.0. The summed E-state index contributed by atoms with van der Waals surface area (Å²) in [5.41, 5.74) is 1.43. The fourth-order valence-corrected chi connectivity index (χ4v) is 4.10. The molecule has 1 aliphatic heterocycles. The molecule has 3 heterocycles. The topological polar surface area (TPSA) is 59.5 Å². The van der Waals surface area contributed by atoms with E-state index in [4.69, 9.17) is 4.74 Å². The van der Waals surface area contributed by atoms with Crippen molar-refractivity contribution in [2.45, 2.75) is 25.3 Å². The van der Waals surface area contributed by atoms with Crippen LogP contribution in [0.1, 0.15) is 29.8 Å². The zero-order chi connectivity index (χ0) is 15.5. The largest absolute Gasteiger partial charge is 0.467 e. The van der Waals surface area contributed by atoms with Gasteiger partial charge in [-0.25, -0.2) is 9.78 Å². The van der Waals surface area contributed by atoms with E-state index in [1.54, 1.807) is 21.6 Å². The van der Waals surface area contributed by atoms with Gasteiger partial charge in [0.1, 0.15) is 16.7 Å². The maximum absolute atomic E-state index is 12.7. The monoisotopic (exact) mass is 336 g/mol. The van der Waals surface area contributed by atoms with E-state index in [1.165, 1.54) is 18.4 Å². The zero-order valence-corrected chi connectivity index (χ0v) is 13.8. The molecule has 1 amide bonds. The van der Waals surface area contributed by atoms with Gasteiger partial charge in [0.2, 0.25) is 0 Å². The minimum absolute atomic E-state index is 0.187. The number of hydrogen-bond acceptors (Lipinski definition) is 6. The van der Waals surface area contributed by atoms with E-state index in [1.807, 2.05) is 16.8 Å². The summed E-state index contributed by atoms with van der Waals surface area (Å²) in [5, 5.41) is 6.58. The van der Waals surface area contributed by atoms with Gasteiger partial charge in [-0.05, 0) is 30.7 Å². The van der Waals surface area contributed by atoms with E-state index in [-0.39, 0.29) is 11.9 Å². The van der Waals surface area contributed by atoms with Crippen LogP contribution in [-0.2, 0) is 9.53 Å². The molecule has 0 aliphatic carbocycles. The first-order chi connectivity index (χ1) is 10.7. The van der Waals surface area contributed by atoms with Crippen LogP contribution in [0, 0.1) is 0 Å². The maximum Gasteiger partial charge on any atom is 0.328 e. The number of aromatic nitrogens is 1. The van der Waals surface area contributed by atoms with Crippen molar-refractivity contribution in [2.75, 3.05) is 13.7 Å². The third kappa shape index (κ3) is 2.91. The van der Waals surface area contributed by atoms with E-state index < -0.39 is 6.04 Å². The highest BCUT2D eigenvalue weighted by atomic mass is 32.1. The van der Waals surface area contributed by atoms with Crippen molar-refractivity contribution in [3.05, 3.63) is 27.9 Å². The minimum Gasteiger partial charge on any atom is -0.467 e. The Kier molecular flexibility index (Phi) is 4.54. The molecule has 116 valence electrons. The van der Waals surface area contributed by atoms with Gasteiger partial charge in [-0.15, -0.1) is 11.3 Å². The SMILES string of the molecule is COC(=O)C1CCCCN1C(=O)c1csc(-c2ccsc2)n1. The van der Waals surface area contributed by atoms with E-state index in [9.17, 15) is 9.59 Å². The van der Waals surface area contributed by atoms with E-state index in [0.717, 1.165) is 23.4 Å². The number of piperidine rings is 1. The molecule has 2 aromatic heterocycles. The number of thiophene rings is 1. The van der Waals surface area contributed by atoms with Gasteiger partial charge in [0.25, 0.3) is 5.91 Å².